The van der Waals surface area contributed by atoms with Gasteiger partial charge in [0.05, 0.1) is 9.79 Å². The van der Waals surface area contributed by atoms with Gasteiger partial charge in [0, 0.05) is 28.6 Å². The van der Waals surface area contributed by atoms with Crippen LogP contribution in [0.15, 0.2) is 91.5 Å². The predicted molar refractivity (Wildman–Crippen MR) is 157 cm³/mol. The van der Waals surface area contributed by atoms with Gasteiger partial charge in [-0.3, -0.25) is 0 Å². The molecule has 3 aromatic rings. The Balaban J connectivity index is 0.000000293. The fourth-order valence-corrected chi connectivity index (χ4v) is 6.51. The van der Waals surface area contributed by atoms with E-state index >= 15 is 0 Å². The number of hydrogen-bond acceptors (Lipinski definition) is 4. The van der Waals surface area contributed by atoms with Gasteiger partial charge in [-0.1, -0.05) is 71.7 Å². The van der Waals surface area contributed by atoms with E-state index in [9.17, 15) is 21.2 Å². The first-order valence-electron chi connectivity index (χ1n) is 12.0. The van der Waals surface area contributed by atoms with Gasteiger partial charge >= 0.3 is 0 Å². The van der Waals surface area contributed by atoms with E-state index in [1.54, 1.807) is 60.7 Å². The quantitative estimate of drug-likeness (QED) is 0.253. The Morgan fingerprint density at radius 3 is 1.66 bits per heavy atom. The van der Waals surface area contributed by atoms with Gasteiger partial charge in [0.25, 0.3) is 0 Å². The van der Waals surface area contributed by atoms with Crippen molar-refractivity contribution in [2.24, 2.45) is 11.8 Å². The minimum atomic E-state index is -3.60. The number of sulfonamides is 2. The summed E-state index contributed by atoms with van der Waals surface area (Å²) < 4.78 is 67.9. The first-order valence-corrected chi connectivity index (χ1v) is 16.5. The summed E-state index contributed by atoms with van der Waals surface area (Å²) in [5, 5.41) is 0. The monoisotopic (exact) mass is 690 g/mol. The Morgan fingerprint density at radius 2 is 1.21 bits per heavy atom. The van der Waals surface area contributed by atoms with Crippen molar-refractivity contribution in [3.8, 4) is 0 Å². The second-order valence-corrected chi connectivity index (χ2v) is 15.0. The molecule has 3 aromatic carbocycles. The fourth-order valence-electron chi connectivity index (χ4n) is 3.18. The Kier molecular flexibility index (Phi) is 12.6. The maximum Gasteiger partial charge on any atom is 0.243 e. The van der Waals surface area contributed by atoms with Crippen LogP contribution in [0.4, 0.5) is 4.39 Å². The van der Waals surface area contributed by atoms with E-state index in [0.29, 0.717) is 23.9 Å². The maximum absolute atomic E-state index is 13.0. The van der Waals surface area contributed by atoms with Crippen molar-refractivity contribution in [1.82, 2.24) is 9.03 Å². The van der Waals surface area contributed by atoms with Crippen LogP contribution in [-0.4, -0.2) is 34.2 Å². The molecule has 3 rings (SSSR count). The lowest BCUT2D eigenvalue weighted by molar-refractivity contribution is 0.362. The topological polar surface area (TPSA) is 83.6 Å². The Labute approximate surface area is 243 Å². The largest absolute Gasteiger partial charge is 0.243 e. The third-order valence-corrected chi connectivity index (χ3v) is 9.42. The molecule has 0 bridgehead atoms. The Bertz CT molecular complexity index is 1360. The summed E-state index contributed by atoms with van der Waals surface area (Å²) in [6.45, 7) is 8.93. The zero-order valence-corrected chi connectivity index (χ0v) is 26.5. The molecule has 0 unspecified atom stereocenters. The lowest BCUT2D eigenvalue weighted by Crippen LogP contribution is -2.33. The molecule has 0 saturated heterocycles. The Hall–Kier alpha value is -1.63. The third kappa shape index (κ3) is 10.5. The SMILES string of the molecule is CC(C)CN(Cc1ccc(F)cc1)S(=O)(=O)c1ccc(Br)cc1.CC(C)CNS(=O)(=O)c1ccc(Br)cc1. The summed E-state index contributed by atoms with van der Waals surface area (Å²) >= 11 is 6.57. The highest BCUT2D eigenvalue weighted by atomic mass is 79.9. The highest BCUT2D eigenvalue weighted by molar-refractivity contribution is 9.10. The molecule has 0 radical (unpaired) electrons. The van der Waals surface area contributed by atoms with Crippen LogP contribution in [0.5, 0.6) is 0 Å². The summed E-state index contributed by atoms with van der Waals surface area (Å²) in [6.07, 6.45) is 0. The molecular formula is C27H33Br2FN2O4S2. The van der Waals surface area contributed by atoms with E-state index < -0.39 is 20.0 Å². The summed E-state index contributed by atoms with van der Waals surface area (Å²) in [4.78, 5) is 0.551. The molecule has 1 N–H and O–H groups in total. The third-order valence-electron chi connectivity index (χ3n) is 5.10. The van der Waals surface area contributed by atoms with Crippen LogP contribution in [0.2, 0.25) is 0 Å². The lowest BCUT2D eigenvalue weighted by Gasteiger charge is -2.24. The van der Waals surface area contributed by atoms with Crippen LogP contribution in [0.3, 0.4) is 0 Å². The van der Waals surface area contributed by atoms with Crippen molar-refractivity contribution >= 4 is 51.9 Å². The zero-order valence-electron chi connectivity index (χ0n) is 21.7. The second-order valence-electron chi connectivity index (χ2n) is 9.47. The van der Waals surface area contributed by atoms with Gasteiger partial charge in [0.1, 0.15) is 5.82 Å². The first kappa shape index (κ1) is 32.6. The first-order chi connectivity index (χ1) is 17.7. The van der Waals surface area contributed by atoms with E-state index in [4.69, 9.17) is 0 Å². The van der Waals surface area contributed by atoms with E-state index in [1.807, 2.05) is 27.7 Å². The van der Waals surface area contributed by atoms with Gasteiger partial charge in [-0.2, -0.15) is 4.31 Å². The highest BCUT2D eigenvalue weighted by Gasteiger charge is 2.25. The van der Waals surface area contributed by atoms with Crippen LogP contribution in [-0.2, 0) is 26.6 Å². The van der Waals surface area contributed by atoms with Crippen molar-refractivity contribution in [2.45, 2.75) is 44.0 Å². The average Bonchev–Trinajstić information content (AvgIpc) is 2.84. The number of benzene rings is 3. The van der Waals surface area contributed by atoms with E-state index in [-0.39, 0.29) is 23.2 Å². The average molecular weight is 693 g/mol. The molecule has 6 nitrogen and oxygen atoms in total. The second kappa shape index (κ2) is 14.7. The molecule has 0 aliphatic carbocycles. The molecule has 0 aliphatic rings. The molecule has 0 spiro atoms. The normalized spacial score (nSPS) is 12.1. The molecule has 0 amide bonds. The fraction of sp³-hybridized carbons (Fsp3) is 0.333. The number of nitrogens with one attached hydrogen (secondary N) is 1. The number of hydrogen-bond donors (Lipinski definition) is 1. The molecular weight excluding hydrogens is 659 g/mol. The minimum absolute atomic E-state index is 0.181. The molecule has 0 atom stereocenters. The standard InChI is InChI=1S/C17H19BrFNO2S.C10H14BrNO2S/c1-13(2)11-20(12-14-3-7-16(19)8-4-14)23(21,22)17-9-5-15(18)6-10-17;1-8(2)7-12-15(13,14)10-5-3-9(11)4-6-10/h3-10,13H,11-12H2,1-2H3;3-6,8,12H,7H2,1-2H3. The number of rotatable bonds is 10. The van der Waals surface area contributed by atoms with Crippen LogP contribution in [0, 0.1) is 17.7 Å². The van der Waals surface area contributed by atoms with Crippen molar-refractivity contribution in [1.29, 1.82) is 0 Å². The lowest BCUT2D eigenvalue weighted by atomic mass is 10.2. The summed E-state index contributed by atoms with van der Waals surface area (Å²) in [7, 11) is -6.95. The molecule has 0 heterocycles. The maximum atomic E-state index is 13.0. The summed E-state index contributed by atoms with van der Waals surface area (Å²) in [5.41, 5.74) is 0.757. The Morgan fingerprint density at radius 1 is 0.737 bits per heavy atom. The van der Waals surface area contributed by atoms with Gasteiger partial charge < -0.3 is 0 Å². The van der Waals surface area contributed by atoms with E-state index in [1.165, 1.54) is 16.4 Å². The van der Waals surface area contributed by atoms with E-state index in [0.717, 1.165) is 14.5 Å². The number of nitrogens with zero attached hydrogens (tertiary/aromatic N) is 1. The number of halogens is 3. The van der Waals surface area contributed by atoms with Crippen LogP contribution >= 0.6 is 31.9 Å². The minimum Gasteiger partial charge on any atom is -0.211 e. The van der Waals surface area contributed by atoms with Crippen LogP contribution in [0.1, 0.15) is 33.3 Å². The summed E-state index contributed by atoms with van der Waals surface area (Å²) in [6, 6.07) is 19.1. The zero-order chi connectivity index (χ0) is 28.5. The van der Waals surface area contributed by atoms with Crippen molar-refractivity contribution in [3.05, 3.63) is 93.1 Å². The van der Waals surface area contributed by atoms with Crippen LogP contribution < -0.4 is 4.72 Å². The van der Waals surface area contributed by atoms with Gasteiger partial charge in [0.2, 0.25) is 20.0 Å². The highest BCUT2D eigenvalue weighted by Crippen LogP contribution is 2.22. The molecule has 0 aromatic heterocycles. The summed E-state index contributed by atoms with van der Waals surface area (Å²) in [5.74, 6) is 0.149. The molecule has 38 heavy (non-hydrogen) atoms. The molecule has 11 heteroatoms. The smallest absolute Gasteiger partial charge is 0.211 e. The van der Waals surface area contributed by atoms with Gasteiger partial charge in [-0.15, -0.1) is 0 Å². The molecule has 0 fully saturated rings. The van der Waals surface area contributed by atoms with Gasteiger partial charge in [-0.05, 0) is 78.1 Å². The molecule has 208 valence electrons. The molecule has 0 aliphatic heterocycles. The van der Waals surface area contributed by atoms with Crippen molar-refractivity contribution in [3.63, 3.8) is 0 Å². The van der Waals surface area contributed by atoms with Crippen LogP contribution in [0.25, 0.3) is 0 Å². The van der Waals surface area contributed by atoms with Gasteiger partial charge in [-0.25, -0.2) is 25.9 Å². The van der Waals surface area contributed by atoms with Crippen molar-refractivity contribution < 1.29 is 21.2 Å². The predicted octanol–water partition coefficient (Wildman–Crippen LogP) is 6.82. The molecule has 0 saturated carbocycles. The van der Waals surface area contributed by atoms with E-state index in [2.05, 4.69) is 36.6 Å². The van der Waals surface area contributed by atoms with Crippen molar-refractivity contribution in [2.75, 3.05) is 13.1 Å². The van der Waals surface area contributed by atoms with Gasteiger partial charge in [0.15, 0.2) is 0 Å².